The summed E-state index contributed by atoms with van der Waals surface area (Å²) in [6.07, 6.45) is 3.63. The van der Waals surface area contributed by atoms with Crippen LogP contribution >= 0.6 is 0 Å². The number of nitrogens with zero attached hydrogens (tertiary/aromatic N) is 3. The highest BCUT2D eigenvalue weighted by atomic mass is 16.2. The Morgan fingerprint density at radius 3 is 2.44 bits per heavy atom. The Kier molecular flexibility index (Phi) is 6.12. The zero-order valence-corrected chi connectivity index (χ0v) is 15.6. The minimum Gasteiger partial charge on any atom is -0.310 e. The summed E-state index contributed by atoms with van der Waals surface area (Å²) >= 11 is 0. The maximum Gasteiger partial charge on any atom is 0.255 e. The Morgan fingerprint density at radius 1 is 1.24 bits per heavy atom. The fourth-order valence-corrected chi connectivity index (χ4v) is 2.81. The number of amides is 1. The molecule has 0 saturated heterocycles. The number of nitrogens with one attached hydrogen (secondary N) is 2. The van der Waals surface area contributed by atoms with Crippen LogP contribution in [0, 0.1) is 26.7 Å². The summed E-state index contributed by atoms with van der Waals surface area (Å²) in [5.74, 6) is 0.784. The molecule has 0 atom stereocenters. The second-order valence-corrected chi connectivity index (χ2v) is 6.45. The van der Waals surface area contributed by atoms with Crippen molar-refractivity contribution in [1.29, 1.82) is 0 Å². The van der Waals surface area contributed by atoms with Crippen molar-refractivity contribution in [2.45, 2.75) is 60.3 Å². The summed E-state index contributed by atoms with van der Waals surface area (Å²) in [5, 5.41) is 7.32. The number of carbonyl (C=O) groups is 1. The first kappa shape index (κ1) is 18.9. The van der Waals surface area contributed by atoms with Gasteiger partial charge in [-0.05, 0) is 33.6 Å². The lowest BCUT2D eigenvalue weighted by Crippen LogP contribution is -2.25. The standard InChI is InChI=1S/C18H27N5O2/c1-6-8-14(9-7-2)17(25)20-15-10-11(3)22-23(15)18-19-13(5)12(4)16(24)21-18/h10,14H,6-9H2,1-5H3,(H,20,25)(H,19,21,24). The van der Waals surface area contributed by atoms with Crippen LogP contribution in [0.2, 0.25) is 0 Å². The van der Waals surface area contributed by atoms with E-state index in [0.29, 0.717) is 23.0 Å². The summed E-state index contributed by atoms with van der Waals surface area (Å²) in [7, 11) is 0. The zero-order valence-electron chi connectivity index (χ0n) is 15.6. The highest BCUT2D eigenvalue weighted by molar-refractivity contribution is 5.92. The lowest BCUT2D eigenvalue weighted by molar-refractivity contribution is -0.120. The Balaban J connectivity index is 2.35. The fourth-order valence-electron chi connectivity index (χ4n) is 2.81. The third-order valence-corrected chi connectivity index (χ3v) is 4.31. The molecule has 0 unspecified atom stereocenters. The van der Waals surface area contributed by atoms with Gasteiger partial charge in [-0.2, -0.15) is 9.78 Å². The maximum atomic E-state index is 12.6. The molecule has 2 aromatic rings. The van der Waals surface area contributed by atoms with E-state index < -0.39 is 0 Å². The zero-order chi connectivity index (χ0) is 18.6. The molecule has 0 aromatic carbocycles. The van der Waals surface area contributed by atoms with Gasteiger partial charge in [-0.3, -0.25) is 14.6 Å². The van der Waals surface area contributed by atoms with Crippen LogP contribution in [-0.2, 0) is 4.79 Å². The van der Waals surface area contributed by atoms with Gasteiger partial charge in [0.05, 0.1) is 5.69 Å². The smallest absolute Gasteiger partial charge is 0.255 e. The lowest BCUT2D eigenvalue weighted by atomic mass is 9.97. The van der Waals surface area contributed by atoms with E-state index >= 15 is 0 Å². The Labute approximate surface area is 147 Å². The van der Waals surface area contributed by atoms with Gasteiger partial charge in [0.15, 0.2) is 0 Å². The van der Waals surface area contributed by atoms with Gasteiger partial charge in [0.2, 0.25) is 11.9 Å². The summed E-state index contributed by atoms with van der Waals surface area (Å²) in [4.78, 5) is 31.8. The van der Waals surface area contributed by atoms with E-state index in [1.807, 2.05) is 6.92 Å². The molecule has 2 aromatic heterocycles. The van der Waals surface area contributed by atoms with Gasteiger partial charge >= 0.3 is 0 Å². The number of hydrogen-bond acceptors (Lipinski definition) is 4. The minimum absolute atomic E-state index is 0.0176. The molecule has 0 aliphatic carbocycles. The SMILES string of the molecule is CCCC(CCC)C(=O)Nc1cc(C)nn1-c1nc(C)c(C)c(=O)[nH]1. The molecular formula is C18H27N5O2. The van der Waals surface area contributed by atoms with Gasteiger partial charge in [-0.15, -0.1) is 0 Å². The monoisotopic (exact) mass is 345 g/mol. The van der Waals surface area contributed by atoms with Crippen molar-refractivity contribution < 1.29 is 4.79 Å². The van der Waals surface area contributed by atoms with Crippen molar-refractivity contribution in [3.05, 3.63) is 33.4 Å². The Bertz CT molecular complexity index is 800. The van der Waals surface area contributed by atoms with Crippen LogP contribution in [-0.4, -0.2) is 25.7 Å². The molecule has 0 aliphatic heterocycles. The predicted molar refractivity (Wildman–Crippen MR) is 98.1 cm³/mol. The number of aromatic nitrogens is 4. The molecule has 0 saturated carbocycles. The van der Waals surface area contributed by atoms with Crippen LogP contribution in [0.3, 0.4) is 0 Å². The first-order chi connectivity index (χ1) is 11.9. The van der Waals surface area contributed by atoms with E-state index in [1.54, 1.807) is 19.9 Å². The summed E-state index contributed by atoms with van der Waals surface area (Å²) in [6, 6.07) is 1.78. The number of carbonyl (C=O) groups excluding carboxylic acids is 1. The van der Waals surface area contributed by atoms with Crippen LogP contribution in [0.25, 0.3) is 5.95 Å². The number of H-pyrrole nitrogens is 1. The lowest BCUT2D eigenvalue weighted by Gasteiger charge is -2.15. The van der Waals surface area contributed by atoms with Gasteiger partial charge in [0, 0.05) is 23.2 Å². The topological polar surface area (TPSA) is 92.7 Å². The molecule has 0 radical (unpaired) electrons. The minimum atomic E-state index is -0.206. The number of anilines is 1. The Hall–Kier alpha value is -2.44. The first-order valence-corrected chi connectivity index (χ1v) is 8.82. The van der Waals surface area contributed by atoms with E-state index in [2.05, 4.69) is 34.2 Å². The summed E-state index contributed by atoms with van der Waals surface area (Å²) < 4.78 is 1.48. The van der Waals surface area contributed by atoms with Gasteiger partial charge < -0.3 is 5.32 Å². The van der Waals surface area contributed by atoms with Crippen LogP contribution < -0.4 is 10.9 Å². The molecule has 2 heterocycles. The van der Waals surface area contributed by atoms with Crippen molar-refractivity contribution in [2.75, 3.05) is 5.32 Å². The molecule has 2 rings (SSSR count). The van der Waals surface area contributed by atoms with Gasteiger partial charge in [0.1, 0.15) is 5.82 Å². The van der Waals surface area contributed by atoms with Crippen molar-refractivity contribution in [3.8, 4) is 5.95 Å². The molecule has 7 heteroatoms. The molecule has 0 aliphatic rings. The van der Waals surface area contributed by atoms with E-state index in [-0.39, 0.29) is 17.4 Å². The van der Waals surface area contributed by atoms with Crippen LogP contribution in [0.4, 0.5) is 5.82 Å². The molecular weight excluding hydrogens is 318 g/mol. The molecule has 7 nitrogen and oxygen atoms in total. The highest BCUT2D eigenvalue weighted by Crippen LogP contribution is 2.19. The van der Waals surface area contributed by atoms with Gasteiger partial charge in [-0.1, -0.05) is 26.7 Å². The van der Waals surface area contributed by atoms with E-state index in [4.69, 9.17) is 0 Å². The van der Waals surface area contributed by atoms with E-state index in [9.17, 15) is 9.59 Å². The largest absolute Gasteiger partial charge is 0.310 e. The molecule has 2 N–H and O–H groups in total. The van der Waals surface area contributed by atoms with Crippen molar-refractivity contribution >= 4 is 11.7 Å². The highest BCUT2D eigenvalue weighted by Gasteiger charge is 2.20. The van der Waals surface area contributed by atoms with Crippen LogP contribution in [0.15, 0.2) is 10.9 Å². The van der Waals surface area contributed by atoms with Gasteiger partial charge in [-0.25, -0.2) is 4.98 Å². The van der Waals surface area contributed by atoms with Gasteiger partial charge in [0.25, 0.3) is 5.56 Å². The second-order valence-electron chi connectivity index (χ2n) is 6.45. The molecule has 1 amide bonds. The van der Waals surface area contributed by atoms with E-state index in [0.717, 1.165) is 31.4 Å². The quantitative estimate of drug-likeness (QED) is 0.806. The molecule has 0 fully saturated rings. The van der Waals surface area contributed by atoms with Crippen molar-refractivity contribution in [1.82, 2.24) is 19.7 Å². The van der Waals surface area contributed by atoms with Crippen LogP contribution in [0.5, 0.6) is 0 Å². The molecule has 136 valence electrons. The number of aryl methyl sites for hydroxylation is 2. The number of hydrogen-bond donors (Lipinski definition) is 2. The van der Waals surface area contributed by atoms with Crippen LogP contribution in [0.1, 0.15) is 56.5 Å². The second kappa shape index (κ2) is 8.09. The van der Waals surface area contributed by atoms with Crippen molar-refractivity contribution in [3.63, 3.8) is 0 Å². The summed E-state index contributed by atoms with van der Waals surface area (Å²) in [6.45, 7) is 9.49. The predicted octanol–water partition coefficient (Wildman–Crippen LogP) is 3.04. The molecule has 0 bridgehead atoms. The average molecular weight is 345 g/mol. The Morgan fingerprint density at radius 2 is 1.88 bits per heavy atom. The molecule has 0 spiro atoms. The summed E-state index contributed by atoms with van der Waals surface area (Å²) in [5.41, 5.74) is 1.74. The number of aromatic amines is 1. The van der Waals surface area contributed by atoms with Crippen molar-refractivity contribution in [2.24, 2.45) is 5.92 Å². The first-order valence-electron chi connectivity index (χ1n) is 8.82. The number of rotatable bonds is 7. The third kappa shape index (κ3) is 4.35. The fraction of sp³-hybridized carbons (Fsp3) is 0.556. The molecule has 25 heavy (non-hydrogen) atoms. The third-order valence-electron chi connectivity index (χ3n) is 4.31. The normalized spacial score (nSPS) is 11.1. The average Bonchev–Trinajstić information content (AvgIpc) is 2.92. The van der Waals surface area contributed by atoms with E-state index in [1.165, 1.54) is 4.68 Å². The maximum absolute atomic E-state index is 12.6.